The number of nitrogens with one attached hydrogen (secondary N) is 1. The second-order valence-electron chi connectivity index (χ2n) is 2.39. The Morgan fingerprint density at radius 2 is 2.54 bits per heavy atom. The fraction of sp³-hybridized carbons (Fsp3) is 0.250. The number of thiocarbonyl (C=S) groups is 1. The number of thiophene rings is 1. The molecule has 0 aliphatic carbocycles. The molecule has 13 heavy (non-hydrogen) atoms. The fourth-order valence-corrected chi connectivity index (χ4v) is 1.69. The van der Waals surface area contributed by atoms with Gasteiger partial charge in [-0.25, -0.2) is 0 Å². The van der Waals surface area contributed by atoms with E-state index in [9.17, 15) is 0 Å². The van der Waals surface area contributed by atoms with Crippen LogP contribution in [0.25, 0.3) is 0 Å². The van der Waals surface area contributed by atoms with Crippen LogP contribution in [0.1, 0.15) is 16.7 Å². The minimum atomic E-state index is 0.184. The second-order valence-corrected chi connectivity index (χ2v) is 4.03. The fourth-order valence-electron chi connectivity index (χ4n) is 0.813. The van der Waals surface area contributed by atoms with Gasteiger partial charge in [0.15, 0.2) is 5.11 Å². The number of nitrogens with two attached hydrogens (primary N) is 1. The smallest absolute Gasteiger partial charge is 0.184 e. The zero-order valence-electron chi connectivity index (χ0n) is 7.28. The first-order chi connectivity index (χ1) is 6.22. The van der Waals surface area contributed by atoms with Crippen molar-refractivity contribution in [3.05, 3.63) is 21.9 Å². The van der Waals surface area contributed by atoms with E-state index in [1.54, 1.807) is 17.6 Å². The van der Waals surface area contributed by atoms with E-state index >= 15 is 0 Å². The molecule has 1 aromatic heterocycles. The van der Waals surface area contributed by atoms with Crippen LogP contribution in [-0.4, -0.2) is 11.3 Å². The number of hydrazone groups is 1. The van der Waals surface area contributed by atoms with Crippen LogP contribution in [0.5, 0.6) is 0 Å². The Morgan fingerprint density at radius 3 is 3.08 bits per heavy atom. The summed E-state index contributed by atoms with van der Waals surface area (Å²) in [6, 6.07) is 4.11. The topological polar surface area (TPSA) is 50.4 Å². The first-order valence-corrected chi connectivity index (χ1v) is 5.12. The van der Waals surface area contributed by atoms with Gasteiger partial charge in [0.2, 0.25) is 0 Å². The van der Waals surface area contributed by atoms with Crippen molar-refractivity contribution in [1.29, 1.82) is 0 Å². The van der Waals surface area contributed by atoms with Crippen LogP contribution >= 0.6 is 23.6 Å². The van der Waals surface area contributed by atoms with Crippen LogP contribution in [0.15, 0.2) is 17.2 Å². The van der Waals surface area contributed by atoms with E-state index in [0.717, 1.165) is 11.3 Å². The van der Waals surface area contributed by atoms with Gasteiger partial charge in [0, 0.05) is 9.75 Å². The Hall–Kier alpha value is -0.940. The molecule has 0 unspecified atom stereocenters. The van der Waals surface area contributed by atoms with E-state index in [1.165, 1.54) is 4.88 Å². The van der Waals surface area contributed by atoms with E-state index in [4.69, 9.17) is 5.73 Å². The summed E-state index contributed by atoms with van der Waals surface area (Å²) in [7, 11) is 0. The molecular formula is C8H11N3S2. The molecule has 0 bridgehead atoms. The van der Waals surface area contributed by atoms with Gasteiger partial charge in [-0.05, 0) is 30.8 Å². The molecule has 0 saturated heterocycles. The van der Waals surface area contributed by atoms with Crippen LogP contribution < -0.4 is 11.2 Å². The van der Waals surface area contributed by atoms with Gasteiger partial charge in [0.25, 0.3) is 0 Å². The van der Waals surface area contributed by atoms with Crippen molar-refractivity contribution < 1.29 is 0 Å². The highest BCUT2D eigenvalue weighted by Crippen LogP contribution is 2.14. The maximum atomic E-state index is 5.20. The number of rotatable bonds is 3. The number of hydrogen-bond acceptors (Lipinski definition) is 3. The molecule has 1 heterocycles. The first-order valence-electron chi connectivity index (χ1n) is 3.89. The number of nitrogens with zero attached hydrogens (tertiary/aromatic N) is 1. The predicted molar refractivity (Wildman–Crippen MR) is 61.2 cm³/mol. The Morgan fingerprint density at radius 1 is 1.77 bits per heavy atom. The lowest BCUT2D eigenvalue weighted by Gasteiger charge is -1.91. The second kappa shape index (κ2) is 4.94. The Kier molecular flexibility index (Phi) is 3.85. The van der Waals surface area contributed by atoms with Gasteiger partial charge in [0.05, 0.1) is 6.21 Å². The predicted octanol–water partition coefficient (Wildman–Crippen LogP) is 1.48. The molecule has 0 amide bonds. The van der Waals surface area contributed by atoms with E-state index in [1.807, 2.05) is 6.07 Å². The molecule has 1 rings (SSSR count). The van der Waals surface area contributed by atoms with Crippen molar-refractivity contribution in [3.8, 4) is 0 Å². The molecule has 0 spiro atoms. The van der Waals surface area contributed by atoms with Gasteiger partial charge in [0.1, 0.15) is 0 Å². The van der Waals surface area contributed by atoms with Gasteiger partial charge in [-0.1, -0.05) is 6.92 Å². The highest BCUT2D eigenvalue weighted by molar-refractivity contribution is 7.80. The van der Waals surface area contributed by atoms with Crippen molar-refractivity contribution in [3.63, 3.8) is 0 Å². The summed E-state index contributed by atoms with van der Waals surface area (Å²) in [5.74, 6) is 0. The largest absolute Gasteiger partial charge is 0.375 e. The van der Waals surface area contributed by atoms with Crippen molar-refractivity contribution in [2.75, 3.05) is 0 Å². The lowest BCUT2D eigenvalue weighted by molar-refractivity contribution is 1.04. The summed E-state index contributed by atoms with van der Waals surface area (Å²) in [6.45, 7) is 2.13. The minimum absolute atomic E-state index is 0.184. The van der Waals surface area contributed by atoms with Gasteiger partial charge in [-0.2, -0.15) is 5.10 Å². The van der Waals surface area contributed by atoms with Crippen molar-refractivity contribution in [2.24, 2.45) is 10.8 Å². The van der Waals surface area contributed by atoms with Gasteiger partial charge < -0.3 is 5.73 Å². The maximum absolute atomic E-state index is 5.20. The molecule has 0 saturated carbocycles. The summed E-state index contributed by atoms with van der Waals surface area (Å²) in [6.07, 6.45) is 2.77. The normalized spacial score (nSPS) is 10.5. The molecule has 3 N–H and O–H groups in total. The highest BCUT2D eigenvalue weighted by atomic mass is 32.1. The van der Waals surface area contributed by atoms with Crippen molar-refractivity contribution in [1.82, 2.24) is 5.43 Å². The van der Waals surface area contributed by atoms with Crippen molar-refractivity contribution >= 4 is 34.9 Å². The quantitative estimate of drug-likeness (QED) is 0.454. The molecule has 0 aliphatic heterocycles. The summed E-state index contributed by atoms with van der Waals surface area (Å²) in [5.41, 5.74) is 7.70. The molecule has 70 valence electrons. The third-order valence-corrected chi connectivity index (χ3v) is 2.65. The van der Waals surface area contributed by atoms with Crippen LogP contribution in [0.2, 0.25) is 0 Å². The van der Waals surface area contributed by atoms with Crippen LogP contribution in [0.3, 0.4) is 0 Å². The zero-order chi connectivity index (χ0) is 9.68. The summed E-state index contributed by atoms with van der Waals surface area (Å²) in [5, 5.41) is 4.04. The lowest BCUT2D eigenvalue weighted by atomic mass is 10.4. The molecule has 0 fully saturated rings. The Balaban J connectivity index is 2.53. The van der Waals surface area contributed by atoms with Crippen LogP contribution in [0, 0.1) is 0 Å². The highest BCUT2D eigenvalue weighted by Gasteiger charge is 1.94. The first kappa shape index (κ1) is 10.1. The van der Waals surface area contributed by atoms with E-state index in [-0.39, 0.29) is 5.11 Å². The lowest BCUT2D eigenvalue weighted by Crippen LogP contribution is -2.23. The van der Waals surface area contributed by atoms with E-state index < -0.39 is 0 Å². The molecule has 0 atom stereocenters. The summed E-state index contributed by atoms with van der Waals surface area (Å²) >= 11 is 6.31. The average Bonchev–Trinajstić information content (AvgIpc) is 2.52. The monoisotopic (exact) mass is 213 g/mol. The average molecular weight is 213 g/mol. The molecule has 0 radical (unpaired) electrons. The third kappa shape index (κ3) is 3.52. The SMILES string of the molecule is CCc1ccc(C=NNC(N)=S)s1. The molecule has 3 nitrogen and oxygen atoms in total. The van der Waals surface area contributed by atoms with Crippen LogP contribution in [0.4, 0.5) is 0 Å². The van der Waals surface area contributed by atoms with Gasteiger partial charge in [-0.15, -0.1) is 11.3 Å². The third-order valence-electron chi connectivity index (χ3n) is 1.40. The number of aryl methyl sites for hydroxylation is 1. The summed E-state index contributed by atoms with van der Waals surface area (Å²) < 4.78 is 0. The van der Waals surface area contributed by atoms with Crippen LogP contribution in [-0.2, 0) is 6.42 Å². The van der Waals surface area contributed by atoms with E-state index in [2.05, 4.69) is 35.7 Å². The number of hydrogen-bond donors (Lipinski definition) is 2. The molecule has 1 aromatic rings. The van der Waals surface area contributed by atoms with Gasteiger partial charge >= 0.3 is 0 Å². The standard InChI is InChI=1S/C8H11N3S2/c1-2-6-3-4-7(13-6)5-10-11-8(9)12/h3-5H,2H2,1H3,(H3,9,11,12). The molecule has 5 heteroatoms. The Labute approximate surface area is 86.6 Å². The van der Waals surface area contributed by atoms with E-state index in [0.29, 0.717) is 0 Å². The molecule has 0 aromatic carbocycles. The maximum Gasteiger partial charge on any atom is 0.184 e. The minimum Gasteiger partial charge on any atom is -0.375 e. The molecular weight excluding hydrogens is 202 g/mol. The van der Waals surface area contributed by atoms with Crippen molar-refractivity contribution in [2.45, 2.75) is 13.3 Å². The van der Waals surface area contributed by atoms with Gasteiger partial charge in [-0.3, -0.25) is 5.43 Å². The zero-order valence-corrected chi connectivity index (χ0v) is 8.91. The Bertz CT molecular complexity index is 317. The summed E-state index contributed by atoms with van der Waals surface area (Å²) in [4.78, 5) is 2.44. The molecule has 0 aliphatic rings.